The molecule has 0 aliphatic carbocycles. The van der Waals surface area contributed by atoms with Crippen LogP contribution in [-0.4, -0.2) is 0 Å². The fourth-order valence-corrected chi connectivity index (χ4v) is 1.43. The van der Waals surface area contributed by atoms with Crippen molar-refractivity contribution in [3.05, 3.63) is 30.3 Å². The molecule has 0 fully saturated rings. The van der Waals surface area contributed by atoms with Gasteiger partial charge in [0, 0.05) is 16.1 Å². The highest BCUT2D eigenvalue weighted by molar-refractivity contribution is 7.80. The first-order valence-electron chi connectivity index (χ1n) is 3.36. The number of hydrogen-bond donors (Lipinski definition) is 2. The van der Waals surface area contributed by atoms with Gasteiger partial charge in [-0.2, -0.15) is 0 Å². The molecule has 0 aliphatic rings. The van der Waals surface area contributed by atoms with Crippen molar-refractivity contribution in [3.63, 3.8) is 0 Å². The monoisotopic (exact) mass is 165 g/mol. The molecule has 2 N–H and O–H groups in total. The van der Waals surface area contributed by atoms with E-state index in [1.54, 1.807) is 0 Å². The Kier molecular flexibility index (Phi) is 2.25. The predicted octanol–water partition coefficient (Wildman–Crippen LogP) is 2.59. The van der Waals surface area contributed by atoms with Crippen molar-refractivity contribution in [1.29, 1.82) is 0 Å². The van der Waals surface area contributed by atoms with Crippen LogP contribution < -0.4 is 5.73 Å². The Bertz CT molecular complexity index is 271. The molecule has 2 heteroatoms. The highest BCUT2D eigenvalue weighted by atomic mass is 32.1. The molecule has 0 heterocycles. The van der Waals surface area contributed by atoms with E-state index in [1.807, 2.05) is 25.1 Å². The lowest BCUT2D eigenvalue weighted by molar-refractivity contribution is 1.40. The molecule has 0 saturated carbocycles. The number of hydrogen-bond acceptors (Lipinski definition) is 2. The minimum absolute atomic E-state index is 0.741. The number of nitrogen functional groups attached to an aromatic ring is 1. The van der Waals surface area contributed by atoms with E-state index in [-0.39, 0.29) is 0 Å². The molecule has 11 heavy (non-hydrogen) atoms. The Labute approximate surface area is 72.3 Å². The first-order valence-corrected chi connectivity index (χ1v) is 3.81. The number of anilines is 1. The smallest absolute Gasteiger partial charge is 0.0401 e. The fraction of sp³-hybridized carbons (Fsp3) is 0.111. The van der Waals surface area contributed by atoms with E-state index in [0.29, 0.717) is 0 Å². The van der Waals surface area contributed by atoms with Gasteiger partial charge in [-0.3, -0.25) is 0 Å². The van der Waals surface area contributed by atoms with Crippen LogP contribution in [0, 0.1) is 0 Å². The lowest BCUT2D eigenvalue weighted by atomic mass is 10.1. The maximum Gasteiger partial charge on any atom is 0.0401 e. The summed E-state index contributed by atoms with van der Waals surface area (Å²) < 4.78 is 0. The summed E-state index contributed by atoms with van der Waals surface area (Å²) in [5, 5.41) is 0. The number of nitrogens with two attached hydrogens (primary N) is 1. The molecule has 0 aromatic heterocycles. The SMILES string of the molecule is C=C(C)c1c(N)cccc1S. The summed E-state index contributed by atoms with van der Waals surface area (Å²) in [7, 11) is 0. The number of thiol groups is 1. The quantitative estimate of drug-likeness (QED) is 0.485. The Hall–Kier alpha value is -0.890. The second kappa shape index (κ2) is 3.01. The van der Waals surface area contributed by atoms with E-state index < -0.39 is 0 Å². The first kappa shape index (κ1) is 8.21. The maximum absolute atomic E-state index is 5.71. The second-order valence-electron chi connectivity index (χ2n) is 2.52. The molecule has 0 spiro atoms. The number of rotatable bonds is 1. The van der Waals surface area contributed by atoms with Crippen molar-refractivity contribution in [2.45, 2.75) is 11.8 Å². The molecule has 0 aliphatic heterocycles. The molecule has 0 atom stereocenters. The van der Waals surface area contributed by atoms with E-state index in [0.717, 1.165) is 21.7 Å². The third-order valence-corrected chi connectivity index (χ3v) is 1.87. The normalized spacial score (nSPS) is 9.64. The summed E-state index contributed by atoms with van der Waals surface area (Å²) in [6.07, 6.45) is 0. The molecule has 0 bridgehead atoms. The van der Waals surface area contributed by atoms with Crippen LogP contribution in [0.2, 0.25) is 0 Å². The third kappa shape index (κ3) is 1.57. The van der Waals surface area contributed by atoms with Gasteiger partial charge in [-0.1, -0.05) is 12.6 Å². The molecule has 1 rings (SSSR count). The zero-order valence-electron chi connectivity index (χ0n) is 6.46. The topological polar surface area (TPSA) is 26.0 Å². The third-order valence-electron chi connectivity index (χ3n) is 1.50. The summed E-state index contributed by atoms with van der Waals surface area (Å²) in [4.78, 5) is 0.887. The molecular weight excluding hydrogens is 154 g/mol. The molecule has 0 saturated heterocycles. The standard InChI is InChI=1S/C9H11NS/c1-6(2)9-7(10)4-3-5-8(9)11/h3-5,11H,1,10H2,2H3. The minimum Gasteiger partial charge on any atom is -0.398 e. The molecule has 1 nitrogen and oxygen atoms in total. The van der Waals surface area contributed by atoms with Crippen molar-refractivity contribution >= 4 is 23.9 Å². The Balaban J connectivity index is 3.32. The van der Waals surface area contributed by atoms with Gasteiger partial charge in [-0.05, 0) is 24.6 Å². The van der Waals surface area contributed by atoms with Gasteiger partial charge in [0.15, 0.2) is 0 Å². The average Bonchev–Trinajstić information content (AvgIpc) is 1.85. The van der Waals surface area contributed by atoms with Crippen LogP contribution in [0.15, 0.2) is 29.7 Å². The Morgan fingerprint density at radius 1 is 1.55 bits per heavy atom. The molecule has 1 aromatic carbocycles. The van der Waals surface area contributed by atoms with Gasteiger partial charge in [0.05, 0.1) is 0 Å². The van der Waals surface area contributed by atoms with Gasteiger partial charge in [0.2, 0.25) is 0 Å². The number of benzene rings is 1. The van der Waals surface area contributed by atoms with Crippen molar-refractivity contribution in [3.8, 4) is 0 Å². The zero-order valence-corrected chi connectivity index (χ0v) is 7.36. The lowest BCUT2D eigenvalue weighted by Gasteiger charge is -2.06. The van der Waals surface area contributed by atoms with Gasteiger partial charge in [0.25, 0.3) is 0 Å². The summed E-state index contributed by atoms with van der Waals surface area (Å²) in [6.45, 7) is 5.74. The fourth-order valence-electron chi connectivity index (χ4n) is 1.02. The van der Waals surface area contributed by atoms with Crippen LogP contribution >= 0.6 is 12.6 Å². The average molecular weight is 165 g/mol. The van der Waals surface area contributed by atoms with Gasteiger partial charge < -0.3 is 5.73 Å². The van der Waals surface area contributed by atoms with Crippen molar-refractivity contribution < 1.29 is 0 Å². The first-order chi connectivity index (χ1) is 5.13. The van der Waals surface area contributed by atoms with Crippen LogP contribution in [0.5, 0.6) is 0 Å². The molecule has 58 valence electrons. The molecule has 0 amide bonds. The van der Waals surface area contributed by atoms with E-state index in [4.69, 9.17) is 5.73 Å². The largest absolute Gasteiger partial charge is 0.398 e. The van der Waals surface area contributed by atoms with Crippen LogP contribution in [0.3, 0.4) is 0 Å². The molecule has 0 unspecified atom stereocenters. The van der Waals surface area contributed by atoms with Crippen LogP contribution in [0.1, 0.15) is 12.5 Å². The zero-order chi connectivity index (χ0) is 8.43. The lowest BCUT2D eigenvalue weighted by Crippen LogP contribution is -1.92. The Morgan fingerprint density at radius 2 is 2.18 bits per heavy atom. The van der Waals surface area contributed by atoms with Gasteiger partial charge in [0.1, 0.15) is 0 Å². The molecular formula is C9H11NS. The van der Waals surface area contributed by atoms with Crippen LogP contribution in [-0.2, 0) is 0 Å². The Morgan fingerprint density at radius 3 is 2.55 bits per heavy atom. The summed E-state index contributed by atoms with van der Waals surface area (Å²) in [5.74, 6) is 0. The molecule has 1 aromatic rings. The highest BCUT2D eigenvalue weighted by Crippen LogP contribution is 2.26. The van der Waals surface area contributed by atoms with Crippen LogP contribution in [0.25, 0.3) is 5.57 Å². The van der Waals surface area contributed by atoms with Crippen molar-refractivity contribution in [1.82, 2.24) is 0 Å². The van der Waals surface area contributed by atoms with Gasteiger partial charge in [-0.15, -0.1) is 12.6 Å². The highest BCUT2D eigenvalue weighted by Gasteiger charge is 2.02. The second-order valence-corrected chi connectivity index (χ2v) is 3.00. The van der Waals surface area contributed by atoms with E-state index >= 15 is 0 Å². The number of allylic oxidation sites excluding steroid dienone is 1. The van der Waals surface area contributed by atoms with Crippen molar-refractivity contribution in [2.24, 2.45) is 0 Å². The van der Waals surface area contributed by atoms with E-state index in [2.05, 4.69) is 19.2 Å². The van der Waals surface area contributed by atoms with Gasteiger partial charge >= 0.3 is 0 Å². The minimum atomic E-state index is 0.741. The summed E-state index contributed by atoms with van der Waals surface area (Å²) in [5.41, 5.74) is 8.36. The van der Waals surface area contributed by atoms with E-state index in [1.165, 1.54) is 0 Å². The van der Waals surface area contributed by atoms with Crippen molar-refractivity contribution in [2.75, 3.05) is 5.73 Å². The predicted molar refractivity (Wildman–Crippen MR) is 52.8 cm³/mol. The summed E-state index contributed by atoms with van der Waals surface area (Å²) >= 11 is 4.27. The van der Waals surface area contributed by atoms with E-state index in [9.17, 15) is 0 Å². The molecule has 0 radical (unpaired) electrons. The summed E-state index contributed by atoms with van der Waals surface area (Å²) in [6, 6.07) is 5.64. The van der Waals surface area contributed by atoms with Gasteiger partial charge in [-0.25, -0.2) is 0 Å². The maximum atomic E-state index is 5.71. The van der Waals surface area contributed by atoms with Crippen LogP contribution in [0.4, 0.5) is 5.69 Å².